The van der Waals surface area contributed by atoms with E-state index in [-0.39, 0.29) is 24.3 Å². The molecule has 7 heteroatoms. The van der Waals surface area contributed by atoms with Gasteiger partial charge in [-0.25, -0.2) is 9.78 Å². The molecule has 1 atom stereocenters. The number of H-pyrrole nitrogens is 1. The molecule has 2 aromatic rings. The van der Waals surface area contributed by atoms with Crippen molar-refractivity contribution in [1.82, 2.24) is 14.9 Å². The van der Waals surface area contributed by atoms with Gasteiger partial charge in [-0.3, -0.25) is 4.79 Å². The van der Waals surface area contributed by atoms with E-state index in [1.165, 1.54) is 30.5 Å². The minimum absolute atomic E-state index is 0.119. The van der Waals surface area contributed by atoms with Crippen LogP contribution in [0, 0.1) is 0 Å². The average Bonchev–Trinajstić information content (AvgIpc) is 3.00. The number of carbonyl (C=O) groups is 2. The Morgan fingerprint density at radius 2 is 2.18 bits per heavy atom. The lowest BCUT2D eigenvalue weighted by Crippen LogP contribution is -2.49. The van der Waals surface area contributed by atoms with Crippen LogP contribution in [0.4, 0.5) is 0 Å². The second-order valence-corrected chi connectivity index (χ2v) is 5.02. The Bertz CT molecular complexity index is 725. The van der Waals surface area contributed by atoms with Crippen LogP contribution >= 0.6 is 0 Å². The van der Waals surface area contributed by atoms with Gasteiger partial charge in [0, 0.05) is 6.42 Å². The number of hydrogen-bond donors (Lipinski definition) is 2. The fraction of sp³-hybridized carbons (Fsp3) is 0.267. The maximum atomic E-state index is 12.7. The van der Waals surface area contributed by atoms with Crippen LogP contribution in [0.2, 0.25) is 0 Å². The van der Waals surface area contributed by atoms with Crippen molar-refractivity contribution in [3.63, 3.8) is 0 Å². The van der Waals surface area contributed by atoms with Crippen molar-refractivity contribution in [3.05, 3.63) is 47.5 Å². The highest BCUT2D eigenvalue weighted by Gasteiger charge is 2.37. The van der Waals surface area contributed by atoms with E-state index in [0.29, 0.717) is 0 Å². The molecule has 0 bridgehead atoms. The molecule has 1 aliphatic heterocycles. The van der Waals surface area contributed by atoms with Crippen molar-refractivity contribution < 1.29 is 19.4 Å². The molecule has 7 nitrogen and oxygen atoms in total. The predicted octanol–water partition coefficient (Wildman–Crippen LogP) is 0.855. The molecule has 0 spiro atoms. The SMILES string of the molecule is COC(=O)C1Cc2nc[nH]c2CN1C(=O)c1ccccc1O. The van der Waals surface area contributed by atoms with Gasteiger partial charge in [-0.1, -0.05) is 12.1 Å². The maximum Gasteiger partial charge on any atom is 0.329 e. The summed E-state index contributed by atoms with van der Waals surface area (Å²) in [7, 11) is 1.28. The molecular formula is C15H15N3O4. The van der Waals surface area contributed by atoms with Gasteiger partial charge in [0.2, 0.25) is 0 Å². The number of nitrogens with one attached hydrogen (secondary N) is 1. The molecule has 1 aliphatic rings. The van der Waals surface area contributed by atoms with E-state index in [1.807, 2.05) is 0 Å². The first-order chi connectivity index (χ1) is 10.6. The average molecular weight is 301 g/mol. The third-order valence-corrected chi connectivity index (χ3v) is 3.77. The lowest BCUT2D eigenvalue weighted by molar-refractivity contribution is -0.146. The van der Waals surface area contributed by atoms with Gasteiger partial charge in [-0.2, -0.15) is 0 Å². The zero-order valence-electron chi connectivity index (χ0n) is 11.9. The van der Waals surface area contributed by atoms with Crippen molar-refractivity contribution in [2.24, 2.45) is 0 Å². The van der Waals surface area contributed by atoms with E-state index in [2.05, 4.69) is 9.97 Å². The summed E-state index contributed by atoms with van der Waals surface area (Å²) in [6.07, 6.45) is 1.82. The van der Waals surface area contributed by atoms with Crippen molar-refractivity contribution >= 4 is 11.9 Å². The van der Waals surface area contributed by atoms with E-state index in [9.17, 15) is 14.7 Å². The molecule has 2 heterocycles. The Hall–Kier alpha value is -2.83. The van der Waals surface area contributed by atoms with E-state index in [0.717, 1.165) is 11.4 Å². The summed E-state index contributed by atoms with van der Waals surface area (Å²) in [5, 5.41) is 9.87. The topological polar surface area (TPSA) is 95.5 Å². The summed E-state index contributed by atoms with van der Waals surface area (Å²) in [5.41, 5.74) is 1.68. The van der Waals surface area contributed by atoms with Crippen LogP contribution in [-0.4, -0.2) is 45.0 Å². The second kappa shape index (κ2) is 5.51. The van der Waals surface area contributed by atoms with Crippen LogP contribution in [0.15, 0.2) is 30.6 Å². The first kappa shape index (κ1) is 14.1. The molecule has 22 heavy (non-hydrogen) atoms. The smallest absolute Gasteiger partial charge is 0.329 e. The van der Waals surface area contributed by atoms with Crippen LogP contribution in [-0.2, 0) is 22.5 Å². The molecule has 2 N–H and O–H groups in total. The number of ether oxygens (including phenoxy) is 1. The van der Waals surface area contributed by atoms with Crippen LogP contribution in [0.25, 0.3) is 0 Å². The maximum absolute atomic E-state index is 12.7. The standard InChI is InChI=1S/C15H15N3O4/c1-22-15(21)12-6-10-11(17-8-16-10)7-18(12)14(20)9-4-2-3-5-13(9)19/h2-5,8,12,19H,6-7H2,1H3,(H,16,17). The molecular weight excluding hydrogens is 286 g/mol. The van der Waals surface area contributed by atoms with Gasteiger partial charge in [-0.05, 0) is 12.1 Å². The monoisotopic (exact) mass is 301 g/mol. The molecule has 1 amide bonds. The number of aromatic nitrogens is 2. The second-order valence-electron chi connectivity index (χ2n) is 5.02. The third-order valence-electron chi connectivity index (χ3n) is 3.77. The van der Waals surface area contributed by atoms with Crippen LogP contribution < -0.4 is 0 Å². The number of aromatic hydroxyl groups is 1. The molecule has 1 unspecified atom stereocenters. The molecule has 0 fully saturated rings. The lowest BCUT2D eigenvalue weighted by Gasteiger charge is -2.33. The number of rotatable bonds is 2. The van der Waals surface area contributed by atoms with E-state index >= 15 is 0 Å². The number of phenolic OH excluding ortho intramolecular Hbond substituents is 1. The molecule has 114 valence electrons. The third kappa shape index (κ3) is 2.30. The molecule has 0 aliphatic carbocycles. The Morgan fingerprint density at radius 3 is 2.91 bits per heavy atom. The molecule has 1 aromatic carbocycles. The summed E-state index contributed by atoms with van der Waals surface area (Å²) in [5.74, 6) is -1.04. The van der Waals surface area contributed by atoms with Crippen molar-refractivity contribution in [2.45, 2.75) is 19.0 Å². The Labute approximate surface area is 126 Å². The number of para-hydroxylation sites is 1. The van der Waals surface area contributed by atoms with Gasteiger partial charge >= 0.3 is 5.97 Å². The molecule has 1 aromatic heterocycles. The number of amides is 1. The van der Waals surface area contributed by atoms with E-state index < -0.39 is 17.9 Å². The van der Waals surface area contributed by atoms with Crippen molar-refractivity contribution in [2.75, 3.05) is 7.11 Å². The molecule has 0 saturated carbocycles. The highest BCUT2D eigenvalue weighted by Crippen LogP contribution is 2.26. The van der Waals surface area contributed by atoms with Gasteiger partial charge in [0.25, 0.3) is 5.91 Å². The number of hydrogen-bond acceptors (Lipinski definition) is 5. The number of methoxy groups -OCH3 is 1. The molecule has 0 radical (unpaired) electrons. The van der Waals surface area contributed by atoms with Gasteiger partial charge in [0.1, 0.15) is 11.8 Å². The summed E-state index contributed by atoms with van der Waals surface area (Å²) in [6.45, 7) is 0.211. The number of nitrogens with zero attached hydrogens (tertiary/aromatic N) is 2. The zero-order valence-corrected chi connectivity index (χ0v) is 11.9. The Morgan fingerprint density at radius 1 is 1.41 bits per heavy atom. The van der Waals surface area contributed by atoms with Gasteiger partial charge in [-0.15, -0.1) is 0 Å². The largest absolute Gasteiger partial charge is 0.507 e. The van der Waals surface area contributed by atoms with Crippen molar-refractivity contribution in [1.29, 1.82) is 0 Å². The van der Waals surface area contributed by atoms with Crippen LogP contribution in [0.3, 0.4) is 0 Å². The molecule has 3 rings (SSSR count). The quantitative estimate of drug-likeness (QED) is 0.802. The minimum atomic E-state index is -0.757. The summed E-state index contributed by atoms with van der Waals surface area (Å²) in [6, 6.07) is 5.49. The highest BCUT2D eigenvalue weighted by molar-refractivity contribution is 5.99. The number of carbonyl (C=O) groups excluding carboxylic acids is 2. The van der Waals surface area contributed by atoms with Crippen molar-refractivity contribution in [3.8, 4) is 5.75 Å². The number of esters is 1. The number of benzene rings is 1. The van der Waals surface area contributed by atoms with E-state index in [4.69, 9.17) is 4.74 Å². The Balaban J connectivity index is 1.97. The molecule has 0 saturated heterocycles. The van der Waals surface area contributed by atoms with E-state index in [1.54, 1.807) is 12.1 Å². The van der Waals surface area contributed by atoms with Crippen LogP contribution in [0.5, 0.6) is 5.75 Å². The highest BCUT2D eigenvalue weighted by atomic mass is 16.5. The normalized spacial score (nSPS) is 17.0. The predicted molar refractivity (Wildman–Crippen MR) is 76.1 cm³/mol. The number of aromatic amines is 1. The summed E-state index contributed by atoms with van der Waals surface area (Å²) >= 11 is 0. The first-order valence-corrected chi connectivity index (χ1v) is 6.79. The van der Waals surface area contributed by atoms with Gasteiger partial charge in [0.15, 0.2) is 0 Å². The fourth-order valence-corrected chi connectivity index (χ4v) is 2.61. The number of fused-ring (bicyclic) bond motifs is 1. The lowest BCUT2D eigenvalue weighted by atomic mass is 10.0. The Kier molecular flexibility index (Phi) is 3.54. The zero-order chi connectivity index (χ0) is 15.7. The summed E-state index contributed by atoms with van der Waals surface area (Å²) in [4.78, 5) is 33.2. The first-order valence-electron chi connectivity index (χ1n) is 6.79. The number of imidazole rings is 1. The minimum Gasteiger partial charge on any atom is -0.507 e. The van der Waals surface area contributed by atoms with Gasteiger partial charge < -0.3 is 19.7 Å². The fourth-order valence-electron chi connectivity index (χ4n) is 2.61. The van der Waals surface area contributed by atoms with Crippen LogP contribution in [0.1, 0.15) is 21.7 Å². The summed E-state index contributed by atoms with van der Waals surface area (Å²) < 4.78 is 4.79. The van der Waals surface area contributed by atoms with Gasteiger partial charge in [0.05, 0.1) is 36.9 Å². The number of phenols is 1.